The van der Waals surface area contributed by atoms with Crippen molar-refractivity contribution in [1.29, 1.82) is 0 Å². The van der Waals surface area contributed by atoms with E-state index >= 15 is 0 Å². The van der Waals surface area contributed by atoms with Gasteiger partial charge in [0.1, 0.15) is 0 Å². The molecule has 4 heteroatoms. The van der Waals surface area contributed by atoms with Crippen LogP contribution in [0.5, 0.6) is 0 Å². The van der Waals surface area contributed by atoms with Crippen molar-refractivity contribution in [3.63, 3.8) is 0 Å². The van der Waals surface area contributed by atoms with E-state index in [4.69, 9.17) is 9.47 Å². The van der Waals surface area contributed by atoms with Crippen LogP contribution in [-0.2, 0) is 19.1 Å². The highest BCUT2D eigenvalue weighted by atomic mass is 16.5. The number of carbonyl (C=O) groups is 2. The molecule has 0 radical (unpaired) electrons. The fourth-order valence-electron chi connectivity index (χ4n) is 2.56. The summed E-state index contributed by atoms with van der Waals surface area (Å²) in [5.74, 6) is -0.0146. The quantitative estimate of drug-likeness (QED) is 0.154. The van der Waals surface area contributed by atoms with E-state index in [9.17, 15) is 9.59 Å². The largest absolute Gasteiger partial charge is 0.462 e. The second kappa shape index (κ2) is 21.1. The highest BCUT2D eigenvalue weighted by Crippen LogP contribution is 2.13. The molecule has 0 saturated carbocycles. The van der Waals surface area contributed by atoms with Crippen LogP contribution in [0.4, 0.5) is 0 Å². The van der Waals surface area contributed by atoms with Crippen LogP contribution in [0.15, 0.2) is 24.3 Å². The maximum absolute atomic E-state index is 11.1. The number of unbranched alkanes of at least 4 members (excludes halogenated alkanes) is 7. The van der Waals surface area contributed by atoms with E-state index in [1.807, 2.05) is 0 Å². The molecule has 0 bridgehead atoms. The van der Waals surface area contributed by atoms with E-state index in [0.717, 1.165) is 25.7 Å². The molecule has 170 valence electrons. The van der Waals surface area contributed by atoms with Gasteiger partial charge in [0.25, 0.3) is 0 Å². The lowest BCUT2D eigenvalue weighted by molar-refractivity contribution is -0.140. The summed E-state index contributed by atoms with van der Waals surface area (Å²) in [6.07, 6.45) is 13.3. The summed E-state index contributed by atoms with van der Waals surface area (Å²) in [4.78, 5) is 22.1. The third kappa shape index (κ3) is 21.0. The number of carbonyl (C=O) groups excluding carboxylic acids is 2. The first-order valence-corrected chi connectivity index (χ1v) is 11.4. The standard InChI is InChI=1S/C13H24O2.C12H22O2/c1-4-5-6-7-8-9-10-11-15-13(14)12(2)3;1-5-7-8-11(6-2)9-14-12(13)10(3)4/h2,4-11H2,1,3H3;11H,3,5-9H2,1-2,4H3. The SMILES string of the molecule is C=C(C)C(=O)OCC(CC)CCCC.C=C(C)C(=O)OCCCCCCCCC. The molecular weight excluding hydrogens is 364 g/mol. The Bertz CT molecular complexity index is 454. The Morgan fingerprint density at radius 1 is 0.724 bits per heavy atom. The molecule has 1 unspecified atom stereocenters. The predicted octanol–water partition coefficient (Wildman–Crippen LogP) is 7.18. The van der Waals surface area contributed by atoms with Gasteiger partial charge in [0.15, 0.2) is 0 Å². The number of esters is 2. The minimum atomic E-state index is -0.264. The maximum Gasteiger partial charge on any atom is 0.333 e. The molecule has 0 fully saturated rings. The maximum atomic E-state index is 11.1. The predicted molar refractivity (Wildman–Crippen MR) is 123 cm³/mol. The topological polar surface area (TPSA) is 52.6 Å². The smallest absolute Gasteiger partial charge is 0.333 e. The fourth-order valence-corrected chi connectivity index (χ4v) is 2.56. The van der Waals surface area contributed by atoms with Crippen LogP contribution < -0.4 is 0 Å². The minimum Gasteiger partial charge on any atom is -0.462 e. The zero-order chi connectivity index (χ0) is 22.5. The van der Waals surface area contributed by atoms with Crippen molar-refractivity contribution >= 4 is 11.9 Å². The van der Waals surface area contributed by atoms with Gasteiger partial charge in [-0.05, 0) is 32.6 Å². The van der Waals surface area contributed by atoms with Gasteiger partial charge in [-0.25, -0.2) is 9.59 Å². The van der Waals surface area contributed by atoms with Crippen molar-refractivity contribution in [3.05, 3.63) is 24.3 Å². The lowest BCUT2D eigenvalue weighted by Crippen LogP contribution is -2.14. The van der Waals surface area contributed by atoms with Gasteiger partial charge in [-0.15, -0.1) is 0 Å². The second-order valence-corrected chi connectivity index (χ2v) is 7.83. The van der Waals surface area contributed by atoms with Crippen LogP contribution in [0.1, 0.15) is 105 Å². The molecule has 0 aromatic heterocycles. The summed E-state index contributed by atoms with van der Waals surface area (Å²) >= 11 is 0. The summed E-state index contributed by atoms with van der Waals surface area (Å²) in [6.45, 7) is 18.0. The summed E-state index contributed by atoms with van der Waals surface area (Å²) in [5, 5.41) is 0. The molecule has 0 aromatic rings. The molecule has 0 aliphatic heterocycles. The first-order chi connectivity index (χ1) is 13.8. The van der Waals surface area contributed by atoms with Gasteiger partial charge in [-0.1, -0.05) is 91.7 Å². The van der Waals surface area contributed by atoms with E-state index in [2.05, 4.69) is 33.9 Å². The van der Waals surface area contributed by atoms with Gasteiger partial charge in [0.2, 0.25) is 0 Å². The molecule has 0 saturated heterocycles. The Kier molecular flexibility index (Phi) is 21.6. The molecule has 0 amide bonds. The minimum absolute atomic E-state index is 0.263. The molecule has 0 spiro atoms. The third-order valence-electron chi connectivity index (χ3n) is 4.67. The molecule has 0 N–H and O–H groups in total. The number of hydrogen-bond acceptors (Lipinski definition) is 4. The van der Waals surface area contributed by atoms with Crippen molar-refractivity contribution in [2.45, 2.75) is 105 Å². The Morgan fingerprint density at radius 3 is 1.69 bits per heavy atom. The average Bonchev–Trinajstić information content (AvgIpc) is 2.70. The van der Waals surface area contributed by atoms with Crippen molar-refractivity contribution in [3.8, 4) is 0 Å². The van der Waals surface area contributed by atoms with Crippen LogP contribution in [0.3, 0.4) is 0 Å². The van der Waals surface area contributed by atoms with E-state index in [1.165, 1.54) is 44.9 Å². The molecule has 0 heterocycles. The molecule has 4 nitrogen and oxygen atoms in total. The van der Waals surface area contributed by atoms with E-state index in [0.29, 0.717) is 30.3 Å². The zero-order valence-electron chi connectivity index (χ0n) is 19.8. The van der Waals surface area contributed by atoms with Crippen molar-refractivity contribution in [2.75, 3.05) is 13.2 Å². The Balaban J connectivity index is 0. The van der Waals surface area contributed by atoms with Gasteiger partial charge in [0, 0.05) is 11.1 Å². The monoisotopic (exact) mass is 410 g/mol. The van der Waals surface area contributed by atoms with Gasteiger partial charge in [0.05, 0.1) is 13.2 Å². The number of rotatable bonds is 16. The molecule has 29 heavy (non-hydrogen) atoms. The molecular formula is C25H46O4. The van der Waals surface area contributed by atoms with Crippen LogP contribution in [0.2, 0.25) is 0 Å². The van der Waals surface area contributed by atoms with Crippen molar-refractivity contribution < 1.29 is 19.1 Å². The Hall–Kier alpha value is -1.58. The summed E-state index contributed by atoms with van der Waals surface area (Å²) in [5.41, 5.74) is 0.966. The summed E-state index contributed by atoms with van der Waals surface area (Å²) < 4.78 is 10.1. The lowest BCUT2D eigenvalue weighted by atomic mass is 10.0. The molecule has 0 aromatic carbocycles. The van der Waals surface area contributed by atoms with Crippen molar-refractivity contribution in [2.24, 2.45) is 5.92 Å². The summed E-state index contributed by atoms with van der Waals surface area (Å²) in [6, 6.07) is 0. The normalized spacial score (nSPS) is 11.1. The zero-order valence-corrected chi connectivity index (χ0v) is 19.8. The van der Waals surface area contributed by atoms with Crippen LogP contribution >= 0.6 is 0 Å². The highest BCUT2D eigenvalue weighted by molar-refractivity contribution is 5.87. The molecule has 0 aliphatic carbocycles. The highest BCUT2D eigenvalue weighted by Gasteiger charge is 2.09. The molecule has 0 rings (SSSR count). The van der Waals surface area contributed by atoms with E-state index in [1.54, 1.807) is 13.8 Å². The molecule has 1 atom stereocenters. The molecule has 0 aliphatic rings. The van der Waals surface area contributed by atoms with E-state index in [-0.39, 0.29) is 11.9 Å². The number of hydrogen-bond donors (Lipinski definition) is 0. The average molecular weight is 411 g/mol. The number of ether oxygens (including phenoxy) is 2. The van der Waals surface area contributed by atoms with Crippen LogP contribution in [0.25, 0.3) is 0 Å². The Morgan fingerprint density at radius 2 is 1.21 bits per heavy atom. The van der Waals surface area contributed by atoms with Gasteiger partial charge in [-0.3, -0.25) is 0 Å². The first-order valence-electron chi connectivity index (χ1n) is 11.4. The lowest BCUT2D eigenvalue weighted by Gasteiger charge is -2.14. The van der Waals surface area contributed by atoms with Gasteiger partial charge in [-0.2, -0.15) is 0 Å². The van der Waals surface area contributed by atoms with Crippen molar-refractivity contribution in [1.82, 2.24) is 0 Å². The van der Waals surface area contributed by atoms with Gasteiger partial charge >= 0.3 is 11.9 Å². The fraction of sp³-hybridized carbons (Fsp3) is 0.760. The Labute approximate surface area is 180 Å². The van der Waals surface area contributed by atoms with Crippen LogP contribution in [0, 0.1) is 5.92 Å². The van der Waals surface area contributed by atoms with E-state index < -0.39 is 0 Å². The van der Waals surface area contributed by atoms with Crippen LogP contribution in [-0.4, -0.2) is 25.2 Å². The summed E-state index contributed by atoms with van der Waals surface area (Å²) in [7, 11) is 0. The third-order valence-corrected chi connectivity index (χ3v) is 4.67. The second-order valence-electron chi connectivity index (χ2n) is 7.83. The first kappa shape index (κ1) is 29.6. The van der Waals surface area contributed by atoms with Gasteiger partial charge < -0.3 is 9.47 Å².